The van der Waals surface area contributed by atoms with Gasteiger partial charge in [0.25, 0.3) is 11.8 Å². The van der Waals surface area contributed by atoms with Gasteiger partial charge in [-0.05, 0) is 43.2 Å². The average molecular weight is 409 g/mol. The van der Waals surface area contributed by atoms with Gasteiger partial charge in [-0.15, -0.1) is 0 Å². The van der Waals surface area contributed by atoms with Gasteiger partial charge >= 0.3 is 0 Å². The number of rotatable bonds is 3. The number of H-pyrrole nitrogens is 1. The molecule has 30 heavy (non-hydrogen) atoms. The van der Waals surface area contributed by atoms with Crippen LogP contribution in [0.3, 0.4) is 0 Å². The molecular formula is C23H28N4O3. The summed E-state index contributed by atoms with van der Waals surface area (Å²) in [5, 5.41) is 7.25. The predicted molar refractivity (Wildman–Crippen MR) is 111 cm³/mol. The summed E-state index contributed by atoms with van der Waals surface area (Å²) in [5.74, 6) is 0.175. The van der Waals surface area contributed by atoms with Gasteiger partial charge in [0.2, 0.25) is 0 Å². The highest BCUT2D eigenvalue weighted by molar-refractivity contribution is 5.95. The molecule has 2 atom stereocenters. The Morgan fingerprint density at radius 2 is 1.87 bits per heavy atom. The zero-order valence-electron chi connectivity index (χ0n) is 17.2. The van der Waals surface area contributed by atoms with Crippen molar-refractivity contribution < 1.29 is 14.3 Å². The van der Waals surface area contributed by atoms with Crippen molar-refractivity contribution in [3.8, 4) is 0 Å². The lowest BCUT2D eigenvalue weighted by atomic mass is 9.91. The summed E-state index contributed by atoms with van der Waals surface area (Å²) in [6.07, 6.45) is 5.94. The van der Waals surface area contributed by atoms with Crippen LogP contribution in [0.15, 0.2) is 30.5 Å². The lowest BCUT2D eigenvalue weighted by Crippen LogP contribution is -2.43. The third kappa shape index (κ3) is 3.51. The van der Waals surface area contributed by atoms with E-state index in [1.54, 1.807) is 6.20 Å². The van der Waals surface area contributed by atoms with Crippen LogP contribution in [0.5, 0.6) is 0 Å². The predicted octanol–water partition coefficient (Wildman–Crippen LogP) is 2.67. The smallest absolute Gasteiger partial charge is 0.257 e. The fraction of sp³-hybridized carbons (Fsp3) is 0.522. The third-order valence-corrected chi connectivity index (χ3v) is 6.65. The molecule has 0 radical (unpaired) electrons. The summed E-state index contributed by atoms with van der Waals surface area (Å²) in [5.41, 5.74) is 3.72. The Hall–Kier alpha value is -2.67. The van der Waals surface area contributed by atoms with Crippen molar-refractivity contribution in [3.63, 3.8) is 0 Å². The number of nitrogens with zero attached hydrogens (tertiary/aromatic N) is 3. The first kappa shape index (κ1) is 19.3. The number of amides is 2. The lowest BCUT2D eigenvalue weighted by Gasteiger charge is -2.36. The van der Waals surface area contributed by atoms with Crippen LogP contribution in [0.4, 0.5) is 0 Å². The number of benzene rings is 1. The number of ether oxygens (including phenoxy) is 1. The van der Waals surface area contributed by atoms with Gasteiger partial charge in [0.1, 0.15) is 0 Å². The van der Waals surface area contributed by atoms with Gasteiger partial charge in [-0.1, -0.05) is 24.3 Å². The van der Waals surface area contributed by atoms with Crippen LogP contribution >= 0.6 is 0 Å². The molecule has 158 valence electrons. The van der Waals surface area contributed by atoms with Gasteiger partial charge in [-0.25, -0.2) is 0 Å². The molecule has 2 fully saturated rings. The van der Waals surface area contributed by atoms with E-state index in [4.69, 9.17) is 4.74 Å². The molecule has 0 aliphatic carbocycles. The number of aromatic nitrogens is 2. The summed E-state index contributed by atoms with van der Waals surface area (Å²) in [4.78, 5) is 30.1. The third-order valence-electron chi connectivity index (χ3n) is 6.65. The van der Waals surface area contributed by atoms with Crippen LogP contribution in [-0.4, -0.2) is 64.6 Å². The monoisotopic (exact) mass is 408 g/mol. The van der Waals surface area contributed by atoms with Gasteiger partial charge in [0, 0.05) is 32.1 Å². The Labute approximate surface area is 176 Å². The standard InChI is InChI=1S/C23H28N4O3/c28-22(26-10-3-4-11-26)19-14-24-25-20(19)17-7-5-12-27(15-17)23(29)21-18-8-2-1-6-16(18)9-13-30-21/h1-2,6,8,14,17,21H,3-5,7,9-13,15H2,(H,24,25)/t17-,21+/m0/s1. The van der Waals surface area contributed by atoms with Crippen molar-refractivity contribution in [2.45, 2.75) is 44.1 Å². The molecule has 0 spiro atoms. The molecule has 4 heterocycles. The number of hydrogen-bond donors (Lipinski definition) is 1. The fourth-order valence-electron chi connectivity index (χ4n) is 5.05. The quantitative estimate of drug-likeness (QED) is 0.847. The molecular weight excluding hydrogens is 380 g/mol. The number of likely N-dealkylation sites (tertiary alicyclic amines) is 2. The summed E-state index contributed by atoms with van der Waals surface area (Å²) in [6, 6.07) is 8.06. The second-order valence-electron chi connectivity index (χ2n) is 8.52. The van der Waals surface area contributed by atoms with E-state index in [0.29, 0.717) is 18.7 Å². The van der Waals surface area contributed by atoms with E-state index in [1.165, 1.54) is 5.56 Å². The lowest BCUT2D eigenvalue weighted by molar-refractivity contribution is -0.146. The van der Waals surface area contributed by atoms with Crippen LogP contribution in [0.25, 0.3) is 0 Å². The Morgan fingerprint density at radius 3 is 2.73 bits per heavy atom. The topological polar surface area (TPSA) is 78.5 Å². The number of carbonyl (C=O) groups is 2. The van der Waals surface area contributed by atoms with Gasteiger partial charge in [0.05, 0.1) is 24.1 Å². The Kier molecular flexibility index (Phi) is 5.29. The highest BCUT2D eigenvalue weighted by atomic mass is 16.5. The van der Waals surface area contributed by atoms with Gasteiger partial charge in [-0.2, -0.15) is 5.10 Å². The zero-order chi connectivity index (χ0) is 20.5. The van der Waals surface area contributed by atoms with E-state index in [9.17, 15) is 9.59 Å². The van der Waals surface area contributed by atoms with E-state index in [2.05, 4.69) is 16.3 Å². The molecule has 7 nitrogen and oxygen atoms in total. The van der Waals surface area contributed by atoms with Crippen molar-refractivity contribution in [1.82, 2.24) is 20.0 Å². The average Bonchev–Trinajstić information content (AvgIpc) is 3.50. The normalized spacial score (nSPS) is 24.0. The number of carbonyl (C=O) groups excluding carboxylic acids is 2. The molecule has 0 bridgehead atoms. The van der Waals surface area contributed by atoms with Crippen molar-refractivity contribution in [2.24, 2.45) is 0 Å². The van der Waals surface area contributed by atoms with Crippen molar-refractivity contribution in [3.05, 3.63) is 52.8 Å². The molecule has 0 saturated carbocycles. The number of nitrogens with one attached hydrogen (secondary N) is 1. The molecule has 5 rings (SSSR count). The van der Waals surface area contributed by atoms with Crippen LogP contribution in [0.1, 0.15) is 64.9 Å². The van der Waals surface area contributed by atoms with E-state index in [-0.39, 0.29) is 17.7 Å². The van der Waals surface area contributed by atoms with E-state index >= 15 is 0 Å². The maximum atomic E-state index is 13.4. The summed E-state index contributed by atoms with van der Waals surface area (Å²) >= 11 is 0. The van der Waals surface area contributed by atoms with Crippen molar-refractivity contribution in [1.29, 1.82) is 0 Å². The molecule has 3 aliphatic heterocycles. The molecule has 1 aromatic heterocycles. The molecule has 2 saturated heterocycles. The van der Waals surface area contributed by atoms with Gasteiger partial charge in [-0.3, -0.25) is 14.7 Å². The maximum absolute atomic E-state index is 13.4. The summed E-state index contributed by atoms with van der Waals surface area (Å²) < 4.78 is 5.90. The minimum Gasteiger partial charge on any atom is -0.363 e. The highest BCUT2D eigenvalue weighted by Crippen LogP contribution is 2.33. The SMILES string of the molecule is O=C(c1cn[nH]c1[C@H]1CCCN(C(=O)[C@@H]2OCCc3ccccc32)C1)N1CCCC1. The van der Waals surface area contributed by atoms with E-state index in [0.717, 1.165) is 63.0 Å². The molecule has 1 aromatic carbocycles. The Balaban J connectivity index is 1.33. The minimum absolute atomic E-state index is 0.0267. The minimum atomic E-state index is -0.527. The highest BCUT2D eigenvalue weighted by Gasteiger charge is 2.35. The summed E-state index contributed by atoms with van der Waals surface area (Å²) in [6.45, 7) is 3.51. The molecule has 0 unspecified atom stereocenters. The number of fused-ring (bicyclic) bond motifs is 1. The molecule has 7 heteroatoms. The molecule has 3 aliphatic rings. The van der Waals surface area contributed by atoms with Crippen LogP contribution in [0, 0.1) is 0 Å². The molecule has 2 amide bonds. The zero-order valence-corrected chi connectivity index (χ0v) is 17.2. The first-order valence-electron chi connectivity index (χ1n) is 11.0. The fourth-order valence-corrected chi connectivity index (χ4v) is 5.05. The van der Waals surface area contributed by atoms with Crippen LogP contribution in [-0.2, 0) is 16.0 Å². The van der Waals surface area contributed by atoms with Crippen LogP contribution in [0.2, 0.25) is 0 Å². The van der Waals surface area contributed by atoms with Crippen molar-refractivity contribution in [2.75, 3.05) is 32.8 Å². The Bertz CT molecular complexity index is 934. The van der Waals surface area contributed by atoms with Crippen molar-refractivity contribution >= 4 is 11.8 Å². The number of aromatic amines is 1. The first-order valence-corrected chi connectivity index (χ1v) is 11.0. The van der Waals surface area contributed by atoms with E-state index < -0.39 is 6.10 Å². The van der Waals surface area contributed by atoms with Crippen LogP contribution < -0.4 is 0 Å². The van der Waals surface area contributed by atoms with Gasteiger partial charge < -0.3 is 14.5 Å². The van der Waals surface area contributed by atoms with Gasteiger partial charge in [0.15, 0.2) is 6.10 Å². The second-order valence-corrected chi connectivity index (χ2v) is 8.52. The Morgan fingerprint density at radius 1 is 1.07 bits per heavy atom. The number of hydrogen-bond acceptors (Lipinski definition) is 4. The second kappa shape index (κ2) is 8.22. The first-order chi connectivity index (χ1) is 14.7. The largest absolute Gasteiger partial charge is 0.363 e. The molecule has 2 aromatic rings. The maximum Gasteiger partial charge on any atom is 0.257 e. The van der Waals surface area contributed by atoms with E-state index in [1.807, 2.05) is 28.0 Å². The number of piperidine rings is 1. The summed E-state index contributed by atoms with van der Waals surface area (Å²) in [7, 11) is 0. The molecule has 1 N–H and O–H groups in total.